The molecule has 0 aliphatic rings. The molecule has 0 aliphatic carbocycles. The number of carbonyl (C=O) groups excluding carboxylic acids is 1. The van der Waals surface area contributed by atoms with E-state index in [-0.39, 0.29) is 11.7 Å². The van der Waals surface area contributed by atoms with Crippen LogP contribution in [0.1, 0.15) is 30.9 Å². The molecular weight excluding hydrogens is 328 g/mol. The Morgan fingerprint density at radius 2 is 1.96 bits per heavy atom. The number of nitriles is 1. The van der Waals surface area contributed by atoms with E-state index in [1.165, 1.54) is 17.3 Å². The van der Waals surface area contributed by atoms with E-state index in [4.69, 9.17) is 16.9 Å². The molecule has 118 valence electrons. The molecule has 0 heterocycles. The number of benzene rings is 2. The molecule has 0 saturated carbocycles. The predicted molar refractivity (Wildman–Crippen MR) is 96.1 cm³/mol. The van der Waals surface area contributed by atoms with Crippen LogP contribution in [0.4, 0.5) is 5.69 Å². The monoisotopic (exact) mass is 344 g/mol. The van der Waals surface area contributed by atoms with Crippen molar-refractivity contribution in [1.82, 2.24) is 0 Å². The molecule has 0 spiro atoms. The third-order valence-electron chi connectivity index (χ3n) is 3.29. The van der Waals surface area contributed by atoms with Gasteiger partial charge in [0.1, 0.15) is 6.07 Å². The second-order valence-electron chi connectivity index (χ2n) is 5.36. The summed E-state index contributed by atoms with van der Waals surface area (Å²) < 4.78 is 0. The molecule has 0 unspecified atom stereocenters. The van der Waals surface area contributed by atoms with Crippen LogP contribution < -0.4 is 5.32 Å². The topological polar surface area (TPSA) is 52.9 Å². The van der Waals surface area contributed by atoms with Gasteiger partial charge in [-0.1, -0.05) is 37.6 Å². The van der Waals surface area contributed by atoms with Gasteiger partial charge in [0.2, 0.25) is 5.91 Å². The van der Waals surface area contributed by atoms with Crippen LogP contribution in [0, 0.1) is 11.3 Å². The first-order chi connectivity index (χ1) is 11.0. The van der Waals surface area contributed by atoms with E-state index >= 15 is 0 Å². The number of hydrogen-bond acceptors (Lipinski definition) is 3. The van der Waals surface area contributed by atoms with Crippen LogP contribution in [0.3, 0.4) is 0 Å². The summed E-state index contributed by atoms with van der Waals surface area (Å²) in [5.41, 5.74) is 2.12. The maximum atomic E-state index is 12.1. The molecule has 0 bridgehead atoms. The van der Waals surface area contributed by atoms with Gasteiger partial charge in [-0.2, -0.15) is 5.26 Å². The Kier molecular flexibility index (Phi) is 6.09. The normalized spacial score (nSPS) is 10.4. The van der Waals surface area contributed by atoms with Gasteiger partial charge in [0.15, 0.2) is 0 Å². The Labute approximate surface area is 145 Å². The summed E-state index contributed by atoms with van der Waals surface area (Å²) in [5.74, 6) is 0.601. The second kappa shape index (κ2) is 8.05. The molecule has 1 amide bonds. The molecule has 0 aromatic heterocycles. The maximum Gasteiger partial charge on any atom is 0.234 e. The lowest BCUT2D eigenvalue weighted by atomic mass is 10.0. The molecule has 3 nitrogen and oxygen atoms in total. The quantitative estimate of drug-likeness (QED) is 0.771. The summed E-state index contributed by atoms with van der Waals surface area (Å²) in [4.78, 5) is 13.1. The van der Waals surface area contributed by atoms with Gasteiger partial charge < -0.3 is 5.32 Å². The van der Waals surface area contributed by atoms with Crippen LogP contribution >= 0.6 is 23.4 Å². The molecule has 2 rings (SSSR count). The molecule has 0 atom stereocenters. The lowest BCUT2D eigenvalue weighted by Crippen LogP contribution is -2.14. The highest BCUT2D eigenvalue weighted by Crippen LogP contribution is 2.23. The average molecular weight is 345 g/mol. The number of halogens is 1. The summed E-state index contributed by atoms with van der Waals surface area (Å²) in [5, 5.41) is 12.3. The number of hydrogen-bond donors (Lipinski definition) is 1. The van der Waals surface area contributed by atoms with Crippen LogP contribution in [0.15, 0.2) is 47.4 Å². The highest BCUT2D eigenvalue weighted by molar-refractivity contribution is 8.00. The van der Waals surface area contributed by atoms with Gasteiger partial charge in [-0.3, -0.25) is 4.79 Å². The van der Waals surface area contributed by atoms with Gasteiger partial charge in [0, 0.05) is 9.92 Å². The van der Waals surface area contributed by atoms with Crippen molar-refractivity contribution in [2.45, 2.75) is 24.7 Å². The fourth-order valence-electron chi connectivity index (χ4n) is 2.00. The molecule has 0 fully saturated rings. The van der Waals surface area contributed by atoms with Crippen molar-refractivity contribution >= 4 is 35.0 Å². The number of nitrogens with one attached hydrogen (secondary N) is 1. The van der Waals surface area contributed by atoms with Crippen molar-refractivity contribution in [3.05, 3.63) is 58.6 Å². The molecule has 5 heteroatoms. The SMILES string of the molecule is CC(C)c1ccc(SCC(=O)Nc2cc(Cl)ccc2C#N)cc1. The third kappa shape index (κ3) is 5.02. The number of anilines is 1. The van der Waals surface area contributed by atoms with Crippen LogP contribution in [0.5, 0.6) is 0 Å². The van der Waals surface area contributed by atoms with Crippen molar-refractivity contribution in [2.75, 3.05) is 11.1 Å². The zero-order valence-corrected chi connectivity index (χ0v) is 14.5. The van der Waals surface area contributed by atoms with E-state index in [0.717, 1.165) is 4.90 Å². The Morgan fingerprint density at radius 1 is 1.26 bits per heavy atom. The lowest BCUT2D eigenvalue weighted by molar-refractivity contribution is -0.113. The Bertz CT molecular complexity index is 736. The van der Waals surface area contributed by atoms with Gasteiger partial charge in [-0.25, -0.2) is 0 Å². The first-order valence-electron chi connectivity index (χ1n) is 7.22. The molecule has 0 aliphatic heterocycles. The van der Waals surface area contributed by atoms with E-state index in [1.54, 1.807) is 18.2 Å². The molecular formula is C18H17ClN2OS. The molecule has 2 aromatic carbocycles. The highest BCUT2D eigenvalue weighted by atomic mass is 35.5. The van der Waals surface area contributed by atoms with Crippen molar-refractivity contribution in [3.63, 3.8) is 0 Å². The molecule has 1 N–H and O–H groups in total. The third-order valence-corrected chi connectivity index (χ3v) is 4.54. The number of thioether (sulfide) groups is 1. The van der Waals surface area contributed by atoms with Gasteiger partial charge >= 0.3 is 0 Å². The standard InChI is InChI=1S/C18H17ClN2OS/c1-12(2)13-4-7-16(8-5-13)23-11-18(22)21-17-9-15(19)6-3-14(17)10-20/h3-9,12H,11H2,1-2H3,(H,21,22). The Balaban J connectivity index is 1.95. The minimum atomic E-state index is -0.165. The second-order valence-corrected chi connectivity index (χ2v) is 6.85. The van der Waals surface area contributed by atoms with Crippen LogP contribution in [0.25, 0.3) is 0 Å². The van der Waals surface area contributed by atoms with Crippen LogP contribution in [-0.4, -0.2) is 11.7 Å². The van der Waals surface area contributed by atoms with Crippen molar-refractivity contribution in [3.8, 4) is 6.07 Å². The molecule has 0 saturated heterocycles. The van der Waals surface area contributed by atoms with Crippen LogP contribution in [-0.2, 0) is 4.79 Å². The summed E-state index contributed by atoms with van der Waals surface area (Å²) in [6.07, 6.45) is 0. The van der Waals surface area contributed by atoms with E-state index in [1.807, 2.05) is 18.2 Å². The van der Waals surface area contributed by atoms with Gasteiger partial charge in [-0.05, 0) is 41.8 Å². The summed E-state index contributed by atoms with van der Waals surface area (Å²) in [6.45, 7) is 4.29. The van der Waals surface area contributed by atoms with Crippen LogP contribution in [0.2, 0.25) is 5.02 Å². The van der Waals surface area contributed by atoms with Crippen molar-refractivity contribution in [2.24, 2.45) is 0 Å². The summed E-state index contributed by atoms with van der Waals surface area (Å²) >= 11 is 7.36. The average Bonchev–Trinajstić information content (AvgIpc) is 2.53. The van der Waals surface area contributed by atoms with Gasteiger partial charge in [0.05, 0.1) is 17.0 Å². The van der Waals surface area contributed by atoms with E-state index in [0.29, 0.717) is 22.2 Å². The number of carbonyl (C=O) groups is 1. The summed E-state index contributed by atoms with van der Waals surface area (Å²) in [6, 6.07) is 15.0. The number of nitrogens with zero attached hydrogens (tertiary/aromatic N) is 1. The Hall–Kier alpha value is -1.96. The largest absolute Gasteiger partial charge is 0.324 e. The molecule has 0 radical (unpaired) electrons. The zero-order valence-electron chi connectivity index (χ0n) is 13.0. The number of amides is 1. The zero-order chi connectivity index (χ0) is 16.8. The highest BCUT2D eigenvalue weighted by Gasteiger charge is 2.08. The van der Waals surface area contributed by atoms with Gasteiger partial charge in [0.25, 0.3) is 0 Å². The van der Waals surface area contributed by atoms with Crippen molar-refractivity contribution < 1.29 is 4.79 Å². The van der Waals surface area contributed by atoms with Gasteiger partial charge in [-0.15, -0.1) is 11.8 Å². The fraction of sp³-hybridized carbons (Fsp3) is 0.222. The van der Waals surface area contributed by atoms with E-state index in [9.17, 15) is 4.79 Å². The minimum Gasteiger partial charge on any atom is -0.324 e. The maximum absolute atomic E-state index is 12.1. The first-order valence-corrected chi connectivity index (χ1v) is 8.58. The van der Waals surface area contributed by atoms with E-state index in [2.05, 4.69) is 31.3 Å². The predicted octanol–water partition coefficient (Wildman–Crippen LogP) is 5.07. The molecule has 2 aromatic rings. The lowest BCUT2D eigenvalue weighted by Gasteiger charge is -2.08. The van der Waals surface area contributed by atoms with E-state index < -0.39 is 0 Å². The molecule has 23 heavy (non-hydrogen) atoms. The Morgan fingerprint density at radius 3 is 2.57 bits per heavy atom. The number of rotatable bonds is 5. The summed E-state index contributed by atoms with van der Waals surface area (Å²) in [7, 11) is 0. The fourth-order valence-corrected chi connectivity index (χ4v) is 2.87. The minimum absolute atomic E-state index is 0.165. The first kappa shape index (κ1) is 17.4. The van der Waals surface area contributed by atoms with Crippen molar-refractivity contribution in [1.29, 1.82) is 5.26 Å². The smallest absolute Gasteiger partial charge is 0.234 e.